The second-order valence-electron chi connectivity index (χ2n) is 4.59. The zero-order chi connectivity index (χ0) is 16.2. The molecule has 6 nitrogen and oxygen atoms in total. The van der Waals surface area contributed by atoms with Crippen molar-refractivity contribution in [2.45, 2.75) is 0 Å². The van der Waals surface area contributed by atoms with Crippen molar-refractivity contribution >= 4 is 11.7 Å². The predicted octanol–water partition coefficient (Wildman–Crippen LogP) is 3.64. The molecule has 0 aliphatic carbocycles. The topological polar surface area (TPSA) is 69.4 Å². The van der Waals surface area contributed by atoms with Crippen LogP contribution in [0.5, 0.6) is 11.5 Å². The number of halogens is 1. The van der Waals surface area contributed by atoms with Crippen LogP contribution < -0.4 is 14.8 Å². The van der Waals surface area contributed by atoms with Crippen LogP contribution in [0, 0.1) is 5.82 Å². The van der Waals surface area contributed by atoms with E-state index in [1.165, 1.54) is 6.07 Å². The largest absolute Gasteiger partial charge is 0.497 e. The molecule has 23 heavy (non-hydrogen) atoms. The Morgan fingerprint density at radius 1 is 1.09 bits per heavy atom. The number of aromatic nitrogens is 2. The number of hydrogen-bond acceptors (Lipinski definition) is 6. The summed E-state index contributed by atoms with van der Waals surface area (Å²) in [4.78, 5) is 4.14. The van der Waals surface area contributed by atoms with Crippen molar-refractivity contribution in [3.05, 3.63) is 48.3 Å². The number of methoxy groups -OCH3 is 2. The Morgan fingerprint density at radius 2 is 1.91 bits per heavy atom. The number of benzene rings is 2. The van der Waals surface area contributed by atoms with Gasteiger partial charge in [-0.1, -0.05) is 17.3 Å². The molecule has 0 bridgehead atoms. The van der Waals surface area contributed by atoms with Crippen LogP contribution in [0.1, 0.15) is 0 Å². The van der Waals surface area contributed by atoms with E-state index in [-0.39, 0.29) is 17.4 Å². The number of anilines is 2. The van der Waals surface area contributed by atoms with Gasteiger partial charge in [0.05, 0.1) is 25.5 Å². The zero-order valence-corrected chi connectivity index (χ0v) is 12.5. The molecule has 0 spiro atoms. The quantitative estimate of drug-likeness (QED) is 0.775. The molecule has 0 amide bonds. The van der Waals surface area contributed by atoms with Gasteiger partial charge in [-0.15, -0.1) is 0 Å². The van der Waals surface area contributed by atoms with Crippen molar-refractivity contribution < 1.29 is 18.4 Å². The fourth-order valence-electron chi connectivity index (χ4n) is 2.04. The monoisotopic (exact) mass is 315 g/mol. The summed E-state index contributed by atoms with van der Waals surface area (Å²) in [5.41, 5.74) is 0.892. The van der Waals surface area contributed by atoms with E-state index in [1.807, 2.05) is 0 Å². The van der Waals surface area contributed by atoms with Gasteiger partial charge in [0, 0.05) is 6.07 Å². The van der Waals surface area contributed by atoms with Crippen LogP contribution in [-0.4, -0.2) is 24.4 Å². The fraction of sp³-hybridized carbons (Fsp3) is 0.125. The van der Waals surface area contributed by atoms with Crippen molar-refractivity contribution in [3.63, 3.8) is 0 Å². The maximum absolute atomic E-state index is 13.7. The van der Waals surface area contributed by atoms with Crippen molar-refractivity contribution in [1.29, 1.82) is 0 Å². The lowest BCUT2D eigenvalue weighted by atomic mass is 10.2. The minimum atomic E-state index is -0.415. The zero-order valence-electron chi connectivity index (χ0n) is 12.5. The molecule has 7 heteroatoms. The predicted molar refractivity (Wildman–Crippen MR) is 82.5 cm³/mol. The molecule has 0 aliphatic rings. The number of rotatable bonds is 5. The highest BCUT2D eigenvalue weighted by atomic mass is 19.1. The van der Waals surface area contributed by atoms with Crippen molar-refractivity contribution in [2.75, 3.05) is 19.5 Å². The number of nitrogens with one attached hydrogen (secondary N) is 1. The lowest BCUT2D eigenvalue weighted by molar-refractivity contribution is 0.395. The Hall–Kier alpha value is -3.09. The summed E-state index contributed by atoms with van der Waals surface area (Å²) in [7, 11) is 3.11. The van der Waals surface area contributed by atoms with Gasteiger partial charge in [0.2, 0.25) is 5.82 Å². The average Bonchev–Trinajstić information content (AvgIpc) is 3.04. The first-order chi connectivity index (χ1) is 11.2. The van der Waals surface area contributed by atoms with E-state index >= 15 is 0 Å². The third-order valence-corrected chi connectivity index (χ3v) is 3.19. The summed E-state index contributed by atoms with van der Waals surface area (Å²) in [6, 6.07) is 11.6. The third kappa shape index (κ3) is 3.08. The Kier molecular flexibility index (Phi) is 4.09. The Bertz CT molecular complexity index is 820. The third-order valence-electron chi connectivity index (χ3n) is 3.19. The van der Waals surface area contributed by atoms with E-state index in [9.17, 15) is 4.39 Å². The molecule has 0 saturated heterocycles. The second kappa shape index (κ2) is 6.35. The SMILES string of the molecule is COc1ccc(Nc2nc(-c3ccccc3F)no2)c(OC)c1. The summed E-state index contributed by atoms with van der Waals surface area (Å²) in [5.74, 6) is 0.958. The van der Waals surface area contributed by atoms with Gasteiger partial charge in [0.25, 0.3) is 0 Å². The van der Waals surface area contributed by atoms with Crippen LogP contribution >= 0.6 is 0 Å². The van der Waals surface area contributed by atoms with Gasteiger partial charge < -0.3 is 19.3 Å². The lowest BCUT2D eigenvalue weighted by Gasteiger charge is -2.09. The van der Waals surface area contributed by atoms with Crippen molar-refractivity contribution in [3.8, 4) is 22.9 Å². The molecule has 0 fully saturated rings. The van der Waals surface area contributed by atoms with E-state index in [2.05, 4.69) is 15.5 Å². The molecule has 0 saturated carbocycles. The van der Waals surface area contributed by atoms with Gasteiger partial charge in [-0.2, -0.15) is 4.98 Å². The highest BCUT2D eigenvalue weighted by molar-refractivity contribution is 5.65. The summed E-state index contributed by atoms with van der Waals surface area (Å²) < 4.78 is 29.3. The molecular formula is C16H14FN3O3. The first-order valence-corrected chi connectivity index (χ1v) is 6.79. The lowest BCUT2D eigenvalue weighted by Crippen LogP contribution is -1.96. The Balaban J connectivity index is 1.86. The van der Waals surface area contributed by atoms with E-state index in [0.717, 1.165) is 0 Å². The number of nitrogens with zero attached hydrogens (tertiary/aromatic N) is 2. The molecule has 0 radical (unpaired) electrons. The van der Waals surface area contributed by atoms with Crippen LogP contribution in [0.3, 0.4) is 0 Å². The highest BCUT2D eigenvalue weighted by Gasteiger charge is 2.14. The second-order valence-corrected chi connectivity index (χ2v) is 4.59. The molecule has 3 rings (SSSR count). The fourth-order valence-corrected chi connectivity index (χ4v) is 2.04. The molecule has 1 heterocycles. The van der Waals surface area contributed by atoms with Crippen LogP contribution in [0.4, 0.5) is 16.1 Å². The minimum Gasteiger partial charge on any atom is -0.497 e. The van der Waals surface area contributed by atoms with E-state index in [1.54, 1.807) is 50.6 Å². The summed E-state index contributed by atoms with van der Waals surface area (Å²) in [6.45, 7) is 0. The molecule has 0 aliphatic heterocycles. The van der Waals surface area contributed by atoms with Gasteiger partial charge in [0.1, 0.15) is 17.3 Å². The van der Waals surface area contributed by atoms with Crippen molar-refractivity contribution in [2.24, 2.45) is 0 Å². The van der Waals surface area contributed by atoms with Gasteiger partial charge in [-0.3, -0.25) is 0 Å². The van der Waals surface area contributed by atoms with Crippen LogP contribution in [0.25, 0.3) is 11.4 Å². The minimum absolute atomic E-state index is 0.131. The van der Waals surface area contributed by atoms with Crippen LogP contribution in [0.2, 0.25) is 0 Å². The van der Waals surface area contributed by atoms with E-state index in [4.69, 9.17) is 14.0 Å². The first kappa shape index (κ1) is 14.8. The summed E-state index contributed by atoms with van der Waals surface area (Å²) in [6.07, 6.45) is 0. The van der Waals surface area contributed by atoms with Gasteiger partial charge in [-0.25, -0.2) is 4.39 Å². The molecular weight excluding hydrogens is 301 g/mol. The average molecular weight is 315 g/mol. The molecule has 3 aromatic rings. The highest BCUT2D eigenvalue weighted by Crippen LogP contribution is 2.31. The van der Waals surface area contributed by atoms with Crippen LogP contribution in [-0.2, 0) is 0 Å². The van der Waals surface area contributed by atoms with Gasteiger partial charge in [0.15, 0.2) is 0 Å². The number of ether oxygens (including phenoxy) is 2. The maximum atomic E-state index is 13.7. The summed E-state index contributed by atoms with van der Waals surface area (Å²) >= 11 is 0. The maximum Gasteiger partial charge on any atom is 0.326 e. The Labute approximate surface area is 131 Å². The molecule has 0 atom stereocenters. The van der Waals surface area contributed by atoms with Crippen molar-refractivity contribution in [1.82, 2.24) is 10.1 Å². The summed E-state index contributed by atoms with van der Waals surface area (Å²) in [5, 5.41) is 6.72. The smallest absolute Gasteiger partial charge is 0.326 e. The van der Waals surface area contributed by atoms with Crippen LogP contribution in [0.15, 0.2) is 47.0 Å². The van der Waals surface area contributed by atoms with Gasteiger partial charge in [-0.05, 0) is 24.3 Å². The van der Waals surface area contributed by atoms with Gasteiger partial charge >= 0.3 is 6.01 Å². The van der Waals surface area contributed by atoms with E-state index < -0.39 is 5.82 Å². The number of hydrogen-bond donors (Lipinski definition) is 1. The molecule has 1 aromatic heterocycles. The normalized spacial score (nSPS) is 10.4. The Morgan fingerprint density at radius 3 is 2.65 bits per heavy atom. The van der Waals surface area contributed by atoms with E-state index in [0.29, 0.717) is 17.2 Å². The first-order valence-electron chi connectivity index (χ1n) is 6.79. The molecule has 2 aromatic carbocycles. The molecule has 118 valence electrons. The standard InChI is InChI=1S/C16H14FN3O3/c1-21-10-7-8-13(14(9-10)22-2)18-16-19-15(20-23-16)11-5-3-4-6-12(11)17/h3-9H,1-2H3,(H,18,19,20). The molecule has 1 N–H and O–H groups in total. The molecule has 0 unspecified atom stereocenters.